The van der Waals surface area contributed by atoms with E-state index in [0.717, 1.165) is 5.56 Å². The third-order valence-corrected chi connectivity index (χ3v) is 2.86. The predicted molar refractivity (Wildman–Crippen MR) is 61.5 cm³/mol. The Balaban J connectivity index is 1.97. The van der Waals surface area contributed by atoms with Gasteiger partial charge in [-0.25, -0.2) is 0 Å². The Hall–Kier alpha value is -1.73. The molecule has 7 heteroatoms. The fourth-order valence-corrected chi connectivity index (χ4v) is 1.79. The first-order chi connectivity index (χ1) is 8.16. The SMILES string of the molecule is CC(NCc1noc(-c2ccsc2)n1)C(=O)O. The average molecular weight is 253 g/mol. The highest BCUT2D eigenvalue weighted by Crippen LogP contribution is 2.19. The van der Waals surface area contributed by atoms with Gasteiger partial charge in [0.1, 0.15) is 6.04 Å². The Morgan fingerprint density at radius 2 is 2.53 bits per heavy atom. The van der Waals surface area contributed by atoms with Crippen molar-refractivity contribution in [1.29, 1.82) is 0 Å². The van der Waals surface area contributed by atoms with Gasteiger partial charge in [-0.15, -0.1) is 0 Å². The third kappa shape index (κ3) is 2.89. The van der Waals surface area contributed by atoms with Crippen LogP contribution in [0.2, 0.25) is 0 Å². The third-order valence-electron chi connectivity index (χ3n) is 2.17. The molecule has 0 spiro atoms. The molecule has 0 aliphatic heterocycles. The summed E-state index contributed by atoms with van der Waals surface area (Å²) in [6.45, 7) is 1.82. The number of carboxylic acid groups (broad SMARTS) is 1. The van der Waals surface area contributed by atoms with Crippen LogP contribution in [0.3, 0.4) is 0 Å². The average Bonchev–Trinajstić information content (AvgIpc) is 2.95. The van der Waals surface area contributed by atoms with E-state index in [-0.39, 0.29) is 6.54 Å². The molecule has 0 saturated carbocycles. The smallest absolute Gasteiger partial charge is 0.320 e. The minimum Gasteiger partial charge on any atom is -0.480 e. The van der Waals surface area contributed by atoms with Crippen LogP contribution in [0, 0.1) is 0 Å². The highest BCUT2D eigenvalue weighted by atomic mass is 32.1. The van der Waals surface area contributed by atoms with Gasteiger partial charge in [0.2, 0.25) is 0 Å². The first-order valence-electron chi connectivity index (χ1n) is 4.98. The lowest BCUT2D eigenvalue weighted by Crippen LogP contribution is -2.33. The van der Waals surface area contributed by atoms with Crippen LogP contribution in [0.5, 0.6) is 0 Å². The lowest BCUT2D eigenvalue weighted by molar-refractivity contribution is -0.139. The molecule has 0 aromatic carbocycles. The number of aliphatic carboxylic acids is 1. The summed E-state index contributed by atoms with van der Waals surface area (Å²) in [7, 11) is 0. The second-order valence-electron chi connectivity index (χ2n) is 3.47. The van der Waals surface area contributed by atoms with Crippen molar-refractivity contribution in [2.75, 3.05) is 0 Å². The summed E-state index contributed by atoms with van der Waals surface area (Å²) in [6.07, 6.45) is 0. The summed E-state index contributed by atoms with van der Waals surface area (Å²) < 4.78 is 5.06. The van der Waals surface area contributed by atoms with Gasteiger partial charge < -0.3 is 9.63 Å². The van der Waals surface area contributed by atoms with Gasteiger partial charge in [0.25, 0.3) is 5.89 Å². The molecule has 2 aromatic rings. The van der Waals surface area contributed by atoms with Crippen LogP contribution in [0.15, 0.2) is 21.3 Å². The standard InChI is InChI=1S/C10H11N3O3S/c1-6(10(14)15)11-4-8-12-9(16-13-8)7-2-3-17-5-7/h2-3,5-6,11H,4H2,1H3,(H,14,15). The molecule has 2 heterocycles. The Labute approximate surface area is 101 Å². The molecule has 0 saturated heterocycles. The number of thiophene rings is 1. The molecule has 0 fully saturated rings. The van der Waals surface area contributed by atoms with E-state index in [9.17, 15) is 4.79 Å². The molecule has 1 unspecified atom stereocenters. The van der Waals surface area contributed by atoms with Crippen LogP contribution < -0.4 is 5.32 Å². The van der Waals surface area contributed by atoms with E-state index >= 15 is 0 Å². The van der Waals surface area contributed by atoms with Crippen molar-refractivity contribution >= 4 is 17.3 Å². The van der Waals surface area contributed by atoms with E-state index in [0.29, 0.717) is 11.7 Å². The van der Waals surface area contributed by atoms with Gasteiger partial charge in [0.05, 0.1) is 12.1 Å². The lowest BCUT2D eigenvalue weighted by Gasteiger charge is -2.05. The van der Waals surface area contributed by atoms with Crippen molar-refractivity contribution in [1.82, 2.24) is 15.5 Å². The molecule has 17 heavy (non-hydrogen) atoms. The molecule has 2 N–H and O–H groups in total. The molecule has 2 aromatic heterocycles. The molecular weight excluding hydrogens is 242 g/mol. The molecule has 0 aliphatic carbocycles. The van der Waals surface area contributed by atoms with Crippen molar-refractivity contribution in [2.24, 2.45) is 0 Å². The zero-order valence-electron chi connectivity index (χ0n) is 9.08. The first-order valence-corrected chi connectivity index (χ1v) is 5.92. The Morgan fingerprint density at radius 1 is 1.71 bits per heavy atom. The molecular formula is C10H11N3O3S. The van der Waals surface area contributed by atoms with Crippen molar-refractivity contribution in [3.63, 3.8) is 0 Å². The number of aromatic nitrogens is 2. The number of hydrogen-bond acceptors (Lipinski definition) is 6. The summed E-state index contributed by atoms with van der Waals surface area (Å²) >= 11 is 1.54. The zero-order valence-corrected chi connectivity index (χ0v) is 9.90. The molecule has 1 atom stereocenters. The Kier molecular flexibility index (Phi) is 3.50. The van der Waals surface area contributed by atoms with E-state index in [1.807, 2.05) is 16.8 Å². The number of carboxylic acids is 1. The fourth-order valence-electron chi connectivity index (χ4n) is 1.16. The molecule has 0 amide bonds. The number of nitrogens with one attached hydrogen (secondary N) is 1. The van der Waals surface area contributed by atoms with E-state index in [1.165, 1.54) is 0 Å². The van der Waals surface area contributed by atoms with E-state index in [4.69, 9.17) is 9.63 Å². The van der Waals surface area contributed by atoms with E-state index in [2.05, 4.69) is 15.5 Å². The lowest BCUT2D eigenvalue weighted by atomic mass is 10.3. The monoisotopic (exact) mass is 253 g/mol. The van der Waals surface area contributed by atoms with Crippen LogP contribution in [0.25, 0.3) is 11.5 Å². The maximum atomic E-state index is 10.6. The number of nitrogens with zero attached hydrogens (tertiary/aromatic N) is 2. The van der Waals surface area contributed by atoms with Crippen LogP contribution >= 0.6 is 11.3 Å². The highest BCUT2D eigenvalue weighted by molar-refractivity contribution is 7.08. The summed E-state index contributed by atoms with van der Waals surface area (Å²) in [5, 5.41) is 19.1. The fraction of sp³-hybridized carbons (Fsp3) is 0.300. The highest BCUT2D eigenvalue weighted by Gasteiger charge is 2.13. The number of rotatable bonds is 5. The summed E-state index contributed by atoms with van der Waals surface area (Å²) in [6, 6.07) is 1.24. The van der Waals surface area contributed by atoms with Crippen LogP contribution in [0.4, 0.5) is 0 Å². The summed E-state index contributed by atoms with van der Waals surface area (Å²) in [5.41, 5.74) is 0.875. The van der Waals surface area contributed by atoms with Gasteiger partial charge in [-0.05, 0) is 18.4 Å². The predicted octanol–water partition coefficient (Wildman–Crippen LogP) is 1.36. The van der Waals surface area contributed by atoms with Crippen LogP contribution in [0.1, 0.15) is 12.7 Å². The second-order valence-corrected chi connectivity index (χ2v) is 4.25. The van der Waals surface area contributed by atoms with Gasteiger partial charge in [0, 0.05) is 5.38 Å². The first kappa shape index (κ1) is 11.7. The van der Waals surface area contributed by atoms with Crippen molar-refractivity contribution in [2.45, 2.75) is 19.5 Å². The minimum absolute atomic E-state index is 0.265. The van der Waals surface area contributed by atoms with Gasteiger partial charge in [-0.2, -0.15) is 16.3 Å². The molecule has 0 bridgehead atoms. The second kappa shape index (κ2) is 5.07. The maximum absolute atomic E-state index is 10.6. The van der Waals surface area contributed by atoms with Crippen molar-refractivity contribution < 1.29 is 14.4 Å². The van der Waals surface area contributed by atoms with Crippen LogP contribution in [-0.4, -0.2) is 27.3 Å². The van der Waals surface area contributed by atoms with E-state index < -0.39 is 12.0 Å². The molecule has 2 rings (SSSR count). The minimum atomic E-state index is -0.911. The van der Waals surface area contributed by atoms with Gasteiger partial charge in [0.15, 0.2) is 5.82 Å². The molecule has 90 valence electrons. The number of carbonyl (C=O) groups is 1. The maximum Gasteiger partial charge on any atom is 0.320 e. The quantitative estimate of drug-likeness (QED) is 0.836. The molecule has 0 aliphatic rings. The molecule has 6 nitrogen and oxygen atoms in total. The van der Waals surface area contributed by atoms with Crippen molar-refractivity contribution in [3.05, 3.63) is 22.7 Å². The van der Waals surface area contributed by atoms with Gasteiger partial charge >= 0.3 is 5.97 Å². The largest absolute Gasteiger partial charge is 0.480 e. The van der Waals surface area contributed by atoms with Crippen molar-refractivity contribution in [3.8, 4) is 11.5 Å². The van der Waals surface area contributed by atoms with E-state index in [1.54, 1.807) is 18.3 Å². The topological polar surface area (TPSA) is 88.3 Å². The van der Waals surface area contributed by atoms with Crippen LogP contribution in [-0.2, 0) is 11.3 Å². The van der Waals surface area contributed by atoms with Gasteiger partial charge in [-0.1, -0.05) is 5.16 Å². The summed E-state index contributed by atoms with van der Waals surface area (Å²) in [4.78, 5) is 14.7. The normalized spacial score (nSPS) is 12.5. The number of hydrogen-bond donors (Lipinski definition) is 2. The Morgan fingerprint density at radius 3 is 3.18 bits per heavy atom. The summed E-state index contributed by atoms with van der Waals surface area (Å²) in [5.74, 6) is -0.0168. The zero-order chi connectivity index (χ0) is 12.3. The molecule has 0 radical (unpaired) electrons. The Bertz CT molecular complexity index is 495. The van der Waals surface area contributed by atoms with Gasteiger partial charge in [-0.3, -0.25) is 10.1 Å².